The molecule has 0 unspecified atom stereocenters. The first-order valence-electron chi connectivity index (χ1n) is 8.80. The summed E-state index contributed by atoms with van der Waals surface area (Å²) in [6, 6.07) is 15.5. The second-order valence-electron chi connectivity index (χ2n) is 6.24. The number of halogens is 2. The molecule has 4 nitrogen and oxygen atoms in total. The van der Waals surface area contributed by atoms with Gasteiger partial charge in [0.05, 0.1) is 11.1 Å². The van der Waals surface area contributed by atoms with Gasteiger partial charge >= 0.3 is 0 Å². The van der Waals surface area contributed by atoms with Gasteiger partial charge in [-0.25, -0.2) is 13.3 Å². The van der Waals surface area contributed by atoms with E-state index in [1.54, 1.807) is 12.1 Å². The van der Waals surface area contributed by atoms with Gasteiger partial charge in [-0.2, -0.15) is 0 Å². The predicted molar refractivity (Wildman–Crippen MR) is 103 cm³/mol. The Kier molecular flexibility index (Phi) is 4.61. The van der Waals surface area contributed by atoms with Crippen molar-refractivity contribution in [1.82, 2.24) is 9.61 Å². The molecular formula is C22H16F2N2O2. The number of pyridine rings is 1. The molecule has 0 fully saturated rings. The van der Waals surface area contributed by atoms with E-state index in [1.165, 1.54) is 22.8 Å². The fourth-order valence-corrected chi connectivity index (χ4v) is 3.15. The minimum Gasteiger partial charge on any atom is -0.434 e. The van der Waals surface area contributed by atoms with Crippen LogP contribution >= 0.6 is 0 Å². The Bertz CT molecular complexity index is 1230. The molecule has 6 heteroatoms. The van der Waals surface area contributed by atoms with Crippen LogP contribution in [0.5, 0.6) is 11.6 Å². The van der Waals surface area contributed by atoms with Crippen LogP contribution in [0.1, 0.15) is 12.5 Å². The summed E-state index contributed by atoms with van der Waals surface area (Å²) in [4.78, 5) is 12.6. The van der Waals surface area contributed by atoms with Crippen molar-refractivity contribution in [2.24, 2.45) is 0 Å². The van der Waals surface area contributed by atoms with Gasteiger partial charge in [0.1, 0.15) is 5.82 Å². The van der Waals surface area contributed by atoms with Crippen LogP contribution in [0, 0.1) is 11.6 Å². The van der Waals surface area contributed by atoms with Gasteiger partial charge in [0, 0.05) is 24.4 Å². The van der Waals surface area contributed by atoms with Crippen molar-refractivity contribution in [2.75, 3.05) is 0 Å². The third kappa shape index (κ3) is 3.24. The molecule has 0 N–H and O–H groups in total. The molecule has 140 valence electrons. The average Bonchev–Trinajstić information content (AvgIpc) is 2.70. The quantitative estimate of drug-likeness (QED) is 0.502. The second kappa shape index (κ2) is 7.23. The van der Waals surface area contributed by atoms with Crippen LogP contribution in [-0.2, 0) is 6.42 Å². The van der Waals surface area contributed by atoms with Crippen molar-refractivity contribution in [1.29, 1.82) is 0 Å². The predicted octanol–water partition coefficient (Wildman–Crippen LogP) is 4.99. The normalized spacial score (nSPS) is 11.0. The van der Waals surface area contributed by atoms with Crippen molar-refractivity contribution < 1.29 is 13.5 Å². The van der Waals surface area contributed by atoms with Crippen LogP contribution in [0.4, 0.5) is 8.78 Å². The summed E-state index contributed by atoms with van der Waals surface area (Å²) >= 11 is 0. The maximum absolute atomic E-state index is 13.8. The van der Waals surface area contributed by atoms with Crippen molar-refractivity contribution in [3.63, 3.8) is 0 Å². The molecule has 4 rings (SSSR count). The molecule has 0 aliphatic rings. The zero-order chi connectivity index (χ0) is 19.7. The lowest BCUT2D eigenvalue weighted by Crippen LogP contribution is -2.10. The van der Waals surface area contributed by atoms with E-state index >= 15 is 0 Å². The highest BCUT2D eigenvalue weighted by Crippen LogP contribution is 2.27. The van der Waals surface area contributed by atoms with Crippen LogP contribution in [0.3, 0.4) is 0 Å². The second-order valence-corrected chi connectivity index (χ2v) is 6.24. The summed E-state index contributed by atoms with van der Waals surface area (Å²) in [5.74, 6) is -1.52. The molecule has 0 saturated heterocycles. The highest BCUT2D eigenvalue weighted by Gasteiger charge is 2.13. The van der Waals surface area contributed by atoms with Gasteiger partial charge in [-0.1, -0.05) is 31.2 Å². The van der Waals surface area contributed by atoms with Crippen LogP contribution in [-0.4, -0.2) is 9.61 Å². The molecule has 2 aromatic heterocycles. The van der Waals surface area contributed by atoms with E-state index in [4.69, 9.17) is 4.74 Å². The summed E-state index contributed by atoms with van der Waals surface area (Å²) in [5.41, 5.74) is 2.96. The zero-order valence-corrected chi connectivity index (χ0v) is 15.0. The lowest BCUT2D eigenvalue weighted by atomic mass is 9.97. The van der Waals surface area contributed by atoms with E-state index in [-0.39, 0.29) is 17.1 Å². The van der Waals surface area contributed by atoms with Crippen molar-refractivity contribution in [3.8, 4) is 22.8 Å². The lowest BCUT2D eigenvalue weighted by molar-refractivity contribution is 0.416. The Morgan fingerprint density at radius 1 is 1.04 bits per heavy atom. The number of nitrogens with zero attached hydrogens (tertiary/aromatic N) is 2. The van der Waals surface area contributed by atoms with E-state index in [0.29, 0.717) is 11.1 Å². The smallest absolute Gasteiger partial charge is 0.237 e. The van der Waals surface area contributed by atoms with E-state index in [2.05, 4.69) is 5.10 Å². The molecule has 0 amide bonds. The minimum absolute atomic E-state index is 0.110. The first-order valence-corrected chi connectivity index (χ1v) is 8.80. The van der Waals surface area contributed by atoms with Gasteiger partial charge in [-0.15, -0.1) is 5.10 Å². The molecule has 0 spiro atoms. The number of ether oxygens (including phenoxy) is 1. The van der Waals surface area contributed by atoms with Gasteiger partial charge in [0.15, 0.2) is 17.0 Å². The van der Waals surface area contributed by atoms with Crippen LogP contribution < -0.4 is 10.2 Å². The molecule has 0 atom stereocenters. The highest BCUT2D eigenvalue weighted by atomic mass is 19.1. The Labute approximate surface area is 159 Å². The van der Waals surface area contributed by atoms with Gasteiger partial charge in [-0.3, -0.25) is 4.79 Å². The van der Waals surface area contributed by atoms with Gasteiger partial charge in [0.2, 0.25) is 5.88 Å². The van der Waals surface area contributed by atoms with Crippen LogP contribution in [0.25, 0.3) is 16.6 Å². The molecule has 0 radical (unpaired) electrons. The topological polar surface area (TPSA) is 43.6 Å². The van der Waals surface area contributed by atoms with Crippen LogP contribution in [0.2, 0.25) is 0 Å². The lowest BCUT2D eigenvalue weighted by Gasteiger charge is -2.12. The molecule has 28 heavy (non-hydrogen) atoms. The summed E-state index contributed by atoms with van der Waals surface area (Å²) in [5, 5.41) is 4.31. The molecule has 0 bridgehead atoms. The largest absolute Gasteiger partial charge is 0.434 e. The number of hydrogen-bond acceptors (Lipinski definition) is 3. The maximum atomic E-state index is 13.8. The maximum Gasteiger partial charge on any atom is 0.237 e. The molecular weight excluding hydrogens is 362 g/mol. The molecule has 2 heterocycles. The average molecular weight is 378 g/mol. The Balaban J connectivity index is 1.82. The first-order chi connectivity index (χ1) is 13.6. The Morgan fingerprint density at radius 3 is 2.64 bits per heavy atom. The minimum atomic E-state index is -0.820. The molecule has 0 aliphatic heterocycles. The summed E-state index contributed by atoms with van der Waals surface area (Å²) in [7, 11) is 0. The molecule has 4 aromatic rings. The monoisotopic (exact) mass is 378 g/mol. The van der Waals surface area contributed by atoms with E-state index in [9.17, 15) is 13.6 Å². The van der Waals surface area contributed by atoms with E-state index in [0.717, 1.165) is 29.7 Å². The Morgan fingerprint density at radius 2 is 1.86 bits per heavy atom. The van der Waals surface area contributed by atoms with Crippen LogP contribution in [0.15, 0.2) is 71.7 Å². The standard InChI is InChI=1S/C22H16F2N2O2/c1-2-14-5-3-4-6-16(14)22-18-8-10-21(25-26(18)12-11-19(22)27)28-20-9-7-15(23)13-17(20)24/h3-13H,2H2,1H3. The molecule has 0 aliphatic carbocycles. The number of hydrogen-bond donors (Lipinski definition) is 0. The van der Waals surface area contributed by atoms with E-state index < -0.39 is 11.6 Å². The fraction of sp³-hybridized carbons (Fsp3) is 0.0909. The van der Waals surface area contributed by atoms with Crippen molar-refractivity contribution >= 4 is 5.52 Å². The van der Waals surface area contributed by atoms with Gasteiger partial charge < -0.3 is 4.74 Å². The fourth-order valence-electron chi connectivity index (χ4n) is 3.15. The summed E-state index contributed by atoms with van der Waals surface area (Å²) in [6.07, 6.45) is 2.32. The van der Waals surface area contributed by atoms with Crippen molar-refractivity contribution in [2.45, 2.75) is 13.3 Å². The third-order valence-electron chi connectivity index (χ3n) is 4.48. The number of benzene rings is 2. The number of rotatable bonds is 4. The number of fused-ring (bicyclic) bond motifs is 1. The van der Waals surface area contributed by atoms with E-state index in [1.807, 2.05) is 31.2 Å². The summed E-state index contributed by atoms with van der Waals surface area (Å²) in [6.45, 7) is 2.03. The van der Waals surface area contributed by atoms with Gasteiger partial charge in [-0.05, 0) is 35.7 Å². The van der Waals surface area contributed by atoms with Gasteiger partial charge in [0.25, 0.3) is 0 Å². The Hall–Kier alpha value is -3.54. The molecule has 0 saturated carbocycles. The SMILES string of the molecule is CCc1ccccc1-c1c(=O)ccn2nc(Oc3ccc(F)cc3F)ccc12. The van der Waals surface area contributed by atoms with Crippen molar-refractivity contribution in [3.05, 3.63) is 94.3 Å². The summed E-state index contributed by atoms with van der Waals surface area (Å²) < 4.78 is 33.8. The third-order valence-corrected chi connectivity index (χ3v) is 4.48. The number of aryl methyl sites for hydroxylation is 1. The highest BCUT2D eigenvalue weighted by molar-refractivity contribution is 5.81. The zero-order valence-electron chi connectivity index (χ0n) is 15.0. The molecule has 2 aromatic carbocycles. The number of aromatic nitrogens is 2. The first kappa shape index (κ1) is 17.9.